The zero-order valence-corrected chi connectivity index (χ0v) is 25.7. The van der Waals surface area contributed by atoms with Gasteiger partial charge < -0.3 is 9.84 Å². The minimum Gasteiger partial charge on any atom is -0.481 e. The Morgan fingerprint density at radius 3 is 1.67 bits per heavy atom. The average molecular weight is 547 g/mol. The van der Waals surface area contributed by atoms with Crippen LogP contribution in [0.4, 0.5) is 0 Å². The zero-order valence-electron chi connectivity index (χ0n) is 25.7. The number of esters is 1. The van der Waals surface area contributed by atoms with Crippen molar-refractivity contribution in [2.24, 2.45) is 0 Å². The molecule has 1 N–H and O–H groups in total. The first-order chi connectivity index (χ1) is 19.1. The number of allylic oxidation sites excluding steroid dienone is 6. The Morgan fingerprint density at radius 1 is 0.590 bits per heavy atom. The lowest BCUT2D eigenvalue weighted by Crippen LogP contribution is -2.18. The summed E-state index contributed by atoms with van der Waals surface area (Å²) in [5.74, 6) is -0.682. The van der Waals surface area contributed by atoms with Crippen molar-refractivity contribution in [2.75, 3.05) is 0 Å². The van der Waals surface area contributed by atoms with E-state index in [0.717, 1.165) is 89.9 Å². The fourth-order valence-electron chi connectivity index (χ4n) is 4.71. The molecule has 39 heavy (non-hydrogen) atoms. The van der Waals surface area contributed by atoms with Crippen LogP contribution in [0.1, 0.15) is 168 Å². The Labute approximate surface area is 241 Å². The second-order valence-electron chi connectivity index (χ2n) is 11.0. The van der Waals surface area contributed by atoms with E-state index in [9.17, 15) is 9.59 Å². The highest BCUT2D eigenvalue weighted by molar-refractivity contribution is 5.69. The van der Waals surface area contributed by atoms with E-state index in [4.69, 9.17) is 9.84 Å². The molecular weight excluding hydrogens is 484 g/mol. The first kappa shape index (κ1) is 37.2. The van der Waals surface area contributed by atoms with Crippen molar-refractivity contribution in [3.05, 3.63) is 36.5 Å². The molecule has 0 aromatic heterocycles. The Balaban J connectivity index is 3.73. The third-order valence-corrected chi connectivity index (χ3v) is 7.13. The average Bonchev–Trinajstić information content (AvgIpc) is 2.92. The maximum atomic E-state index is 12.4. The highest BCUT2D eigenvalue weighted by Crippen LogP contribution is 2.17. The number of carbonyl (C=O) groups excluding carboxylic acids is 1. The summed E-state index contributed by atoms with van der Waals surface area (Å²) in [6.45, 7) is 4.36. The van der Waals surface area contributed by atoms with Crippen LogP contribution in [0.2, 0.25) is 0 Å². The normalized spacial score (nSPS) is 12.7. The number of carboxylic acids is 1. The molecule has 0 aliphatic rings. The van der Waals surface area contributed by atoms with Crippen LogP contribution in [0, 0.1) is 0 Å². The SMILES string of the molecule is CC/C=C\C/C=C\C/C=C\CCCCCCCC(=O)OC(CCCC)CCCCCCCCCCCC(=O)O. The Bertz CT molecular complexity index is 635. The van der Waals surface area contributed by atoms with Gasteiger partial charge in [0.25, 0.3) is 0 Å². The summed E-state index contributed by atoms with van der Waals surface area (Å²) >= 11 is 0. The summed E-state index contributed by atoms with van der Waals surface area (Å²) in [7, 11) is 0. The number of hydrogen-bond donors (Lipinski definition) is 1. The molecular formula is C35H62O4. The minimum atomic E-state index is -0.682. The lowest BCUT2D eigenvalue weighted by molar-refractivity contribution is -0.150. The van der Waals surface area contributed by atoms with Gasteiger partial charge in [0.2, 0.25) is 0 Å². The molecule has 0 heterocycles. The van der Waals surface area contributed by atoms with Crippen LogP contribution in [0.15, 0.2) is 36.5 Å². The largest absolute Gasteiger partial charge is 0.481 e. The van der Waals surface area contributed by atoms with Crippen LogP contribution in [0.5, 0.6) is 0 Å². The van der Waals surface area contributed by atoms with Gasteiger partial charge in [-0.15, -0.1) is 0 Å². The number of unbranched alkanes of at least 4 members (excludes halogenated alkanes) is 14. The molecule has 4 nitrogen and oxygen atoms in total. The Kier molecular flexibility index (Phi) is 29.2. The van der Waals surface area contributed by atoms with E-state index >= 15 is 0 Å². The molecule has 0 radical (unpaired) electrons. The maximum Gasteiger partial charge on any atom is 0.306 e. The third-order valence-electron chi connectivity index (χ3n) is 7.13. The second-order valence-corrected chi connectivity index (χ2v) is 11.0. The van der Waals surface area contributed by atoms with Gasteiger partial charge in [0.05, 0.1) is 0 Å². The van der Waals surface area contributed by atoms with Crippen LogP contribution < -0.4 is 0 Å². The van der Waals surface area contributed by atoms with Gasteiger partial charge in [0.1, 0.15) is 6.10 Å². The van der Waals surface area contributed by atoms with Gasteiger partial charge in [-0.25, -0.2) is 0 Å². The number of aliphatic carboxylic acids is 1. The number of rotatable bonds is 29. The molecule has 0 spiro atoms. The van der Waals surface area contributed by atoms with Crippen molar-refractivity contribution in [1.29, 1.82) is 0 Å². The predicted molar refractivity (Wildman–Crippen MR) is 167 cm³/mol. The molecule has 0 aliphatic heterocycles. The molecule has 0 saturated heterocycles. The number of ether oxygens (including phenoxy) is 1. The molecule has 1 unspecified atom stereocenters. The standard InChI is InChI=1S/C35H62O4/c1-3-5-7-8-9-10-11-12-13-14-15-19-22-25-28-32-35(38)39-33(29-6-4-2)30-26-23-20-17-16-18-21-24-27-31-34(36)37/h5,7,9-10,12-13,33H,3-4,6,8,11,14-32H2,1-2H3,(H,36,37)/b7-5-,10-9-,13-12-. The van der Waals surface area contributed by atoms with Crippen molar-refractivity contribution in [3.8, 4) is 0 Å². The van der Waals surface area contributed by atoms with Crippen LogP contribution in [0.25, 0.3) is 0 Å². The van der Waals surface area contributed by atoms with Gasteiger partial charge >= 0.3 is 11.9 Å². The lowest BCUT2D eigenvalue weighted by Gasteiger charge is -2.18. The summed E-state index contributed by atoms with van der Waals surface area (Å²) < 4.78 is 5.87. The van der Waals surface area contributed by atoms with Gasteiger partial charge in [-0.2, -0.15) is 0 Å². The fraction of sp³-hybridized carbons (Fsp3) is 0.771. The van der Waals surface area contributed by atoms with E-state index in [1.165, 1.54) is 51.4 Å². The molecule has 0 aromatic rings. The molecule has 0 amide bonds. The molecule has 0 fully saturated rings. The predicted octanol–water partition coefficient (Wildman–Crippen LogP) is 11.1. The van der Waals surface area contributed by atoms with E-state index in [0.29, 0.717) is 12.8 Å². The van der Waals surface area contributed by atoms with E-state index in [2.05, 4.69) is 50.3 Å². The first-order valence-electron chi connectivity index (χ1n) is 16.5. The smallest absolute Gasteiger partial charge is 0.306 e. The summed E-state index contributed by atoms with van der Waals surface area (Å²) in [5, 5.41) is 8.66. The minimum absolute atomic E-state index is 0.000161. The molecule has 4 heteroatoms. The topological polar surface area (TPSA) is 63.6 Å². The molecule has 0 saturated carbocycles. The number of carboxylic acid groups (broad SMARTS) is 1. The van der Waals surface area contributed by atoms with Gasteiger partial charge in [-0.05, 0) is 64.2 Å². The summed E-state index contributed by atoms with van der Waals surface area (Å²) in [6, 6.07) is 0. The fourth-order valence-corrected chi connectivity index (χ4v) is 4.71. The van der Waals surface area contributed by atoms with E-state index < -0.39 is 5.97 Å². The third kappa shape index (κ3) is 30.6. The van der Waals surface area contributed by atoms with E-state index in [1.54, 1.807) is 0 Å². The molecule has 0 aliphatic carbocycles. The van der Waals surface area contributed by atoms with Crippen molar-refractivity contribution in [1.82, 2.24) is 0 Å². The van der Waals surface area contributed by atoms with Crippen LogP contribution in [-0.4, -0.2) is 23.1 Å². The molecule has 0 aromatic carbocycles. The molecule has 0 bridgehead atoms. The molecule has 1 atom stereocenters. The van der Waals surface area contributed by atoms with Crippen molar-refractivity contribution in [2.45, 2.75) is 174 Å². The van der Waals surface area contributed by atoms with Gasteiger partial charge in [-0.3, -0.25) is 9.59 Å². The van der Waals surface area contributed by atoms with Crippen molar-refractivity contribution >= 4 is 11.9 Å². The Morgan fingerprint density at radius 2 is 1.08 bits per heavy atom. The Hall–Kier alpha value is -1.84. The zero-order chi connectivity index (χ0) is 28.7. The molecule has 0 rings (SSSR count). The lowest BCUT2D eigenvalue weighted by atomic mass is 10.0. The maximum absolute atomic E-state index is 12.4. The first-order valence-corrected chi connectivity index (χ1v) is 16.5. The summed E-state index contributed by atoms with van der Waals surface area (Å²) in [5.41, 5.74) is 0. The van der Waals surface area contributed by atoms with Gasteiger partial charge in [0, 0.05) is 12.8 Å². The second kappa shape index (κ2) is 30.7. The monoisotopic (exact) mass is 546 g/mol. The van der Waals surface area contributed by atoms with Crippen LogP contribution >= 0.6 is 0 Å². The van der Waals surface area contributed by atoms with Gasteiger partial charge in [0.15, 0.2) is 0 Å². The highest BCUT2D eigenvalue weighted by atomic mass is 16.5. The van der Waals surface area contributed by atoms with Crippen molar-refractivity contribution < 1.29 is 19.4 Å². The van der Waals surface area contributed by atoms with E-state index in [-0.39, 0.29) is 12.1 Å². The highest BCUT2D eigenvalue weighted by Gasteiger charge is 2.13. The number of hydrogen-bond acceptors (Lipinski definition) is 3. The van der Waals surface area contributed by atoms with Crippen LogP contribution in [0.3, 0.4) is 0 Å². The van der Waals surface area contributed by atoms with Crippen LogP contribution in [-0.2, 0) is 14.3 Å². The quantitative estimate of drug-likeness (QED) is 0.0575. The number of carbonyl (C=O) groups is 2. The van der Waals surface area contributed by atoms with Crippen molar-refractivity contribution in [3.63, 3.8) is 0 Å². The van der Waals surface area contributed by atoms with Gasteiger partial charge in [-0.1, -0.05) is 127 Å². The summed E-state index contributed by atoms with van der Waals surface area (Å²) in [4.78, 5) is 22.9. The summed E-state index contributed by atoms with van der Waals surface area (Å²) in [6.07, 6.45) is 39.0. The molecule has 226 valence electrons. The van der Waals surface area contributed by atoms with E-state index in [1.807, 2.05) is 0 Å².